The van der Waals surface area contributed by atoms with E-state index >= 15 is 0 Å². The van der Waals surface area contributed by atoms with Gasteiger partial charge in [-0.25, -0.2) is 0 Å². The Morgan fingerprint density at radius 1 is 1.21 bits per heavy atom. The van der Waals surface area contributed by atoms with Gasteiger partial charge in [-0.1, -0.05) is 0 Å². The molecule has 2 fully saturated rings. The number of hydrogen-bond acceptors (Lipinski definition) is 3. The zero-order valence-electron chi connectivity index (χ0n) is 11.7. The summed E-state index contributed by atoms with van der Waals surface area (Å²) in [6.45, 7) is 5.64. The van der Waals surface area contributed by atoms with Crippen molar-refractivity contribution < 1.29 is 14.7 Å². The van der Waals surface area contributed by atoms with Gasteiger partial charge in [-0.15, -0.1) is 0 Å². The zero-order valence-corrected chi connectivity index (χ0v) is 11.7. The monoisotopic (exact) mass is 268 g/mol. The molecule has 0 radical (unpaired) electrons. The van der Waals surface area contributed by atoms with Gasteiger partial charge in [-0.3, -0.25) is 9.59 Å². The van der Waals surface area contributed by atoms with E-state index in [0.29, 0.717) is 25.8 Å². The Hall–Kier alpha value is -1.10. The lowest BCUT2D eigenvalue weighted by Gasteiger charge is -2.36. The highest BCUT2D eigenvalue weighted by Crippen LogP contribution is 2.23. The van der Waals surface area contributed by atoms with Crippen LogP contribution in [0, 0.1) is 5.92 Å². The first kappa shape index (κ1) is 14.3. The van der Waals surface area contributed by atoms with Crippen molar-refractivity contribution in [3.05, 3.63) is 0 Å². The number of carbonyl (C=O) groups is 2. The third-order valence-corrected chi connectivity index (χ3v) is 4.39. The molecule has 0 aromatic heterocycles. The highest BCUT2D eigenvalue weighted by molar-refractivity contribution is 5.77. The van der Waals surface area contributed by atoms with E-state index < -0.39 is 5.97 Å². The lowest BCUT2D eigenvalue weighted by atomic mass is 9.91. The van der Waals surface area contributed by atoms with Crippen molar-refractivity contribution in [3.8, 4) is 0 Å². The molecule has 2 saturated heterocycles. The van der Waals surface area contributed by atoms with E-state index in [4.69, 9.17) is 5.11 Å². The van der Waals surface area contributed by atoms with Gasteiger partial charge in [0.25, 0.3) is 0 Å². The summed E-state index contributed by atoms with van der Waals surface area (Å²) in [5.41, 5.74) is 0. The Morgan fingerprint density at radius 2 is 1.89 bits per heavy atom. The molecule has 19 heavy (non-hydrogen) atoms. The molecule has 2 rings (SSSR count). The lowest BCUT2D eigenvalue weighted by molar-refractivity contribution is -0.147. The van der Waals surface area contributed by atoms with E-state index in [9.17, 15) is 9.59 Å². The molecule has 2 heterocycles. The highest BCUT2D eigenvalue weighted by Gasteiger charge is 2.32. The second-order valence-corrected chi connectivity index (χ2v) is 5.79. The van der Waals surface area contributed by atoms with Crippen molar-refractivity contribution >= 4 is 11.9 Å². The fourth-order valence-electron chi connectivity index (χ4n) is 3.17. The molecule has 5 heteroatoms. The van der Waals surface area contributed by atoms with Gasteiger partial charge < -0.3 is 14.9 Å². The van der Waals surface area contributed by atoms with Crippen molar-refractivity contribution in [3.63, 3.8) is 0 Å². The number of carbonyl (C=O) groups excluding carboxylic acids is 1. The van der Waals surface area contributed by atoms with Crippen LogP contribution in [0.4, 0.5) is 0 Å². The average Bonchev–Trinajstić information content (AvgIpc) is 2.88. The molecular weight excluding hydrogens is 244 g/mol. The van der Waals surface area contributed by atoms with Crippen LogP contribution in [0.3, 0.4) is 0 Å². The van der Waals surface area contributed by atoms with Crippen LogP contribution in [0.25, 0.3) is 0 Å². The summed E-state index contributed by atoms with van der Waals surface area (Å²) in [7, 11) is 0. The Balaban J connectivity index is 1.77. The van der Waals surface area contributed by atoms with Gasteiger partial charge in [0.1, 0.15) is 0 Å². The molecule has 1 amide bonds. The quantitative estimate of drug-likeness (QED) is 0.832. The molecule has 0 bridgehead atoms. The predicted octanol–water partition coefficient (Wildman–Crippen LogP) is 1.18. The van der Waals surface area contributed by atoms with Crippen LogP contribution >= 0.6 is 0 Å². The van der Waals surface area contributed by atoms with Crippen LogP contribution in [0.1, 0.15) is 39.0 Å². The van der Waals surface area contributed by atoms with Gasteiger partial charge in [0.2, 0.25) is 5.91 Å². The van der Waals surface area contributed by atoms with Gasteiger partial charge in [0.15, 0.2) is 0 Å². The van der Waals surface area contributed by atoms with Crippen molar-refractivity contribution in [2.75, 3.05) is 26.2 Å². The minimum atomic E-state index is -0.726. The van der Waals surface area contributed by atoms with Crippen molar-refractivity contribution in [1.82, 2.24) is 9.80 Å². The second kappa shape index (κ2) is 6.37. The molecular formula is C14H24N2O3. The molecule has 0 aromatic rings. The summed E-state index contributed by atoms with van der Waals surface area (Å²) in [4.78, 5) is 27.4. The molecule has 2 aliphatic rings. The van der Waals surface area contributed by atoms with E-state index in [-0.39, 0.29) is 17.9 Å². The number of likely N-dealkylation sites (tertiary alicyclic amines) is 2. The number of nitrogens with zero attached hydrogens (tertiary/aromatic N) is 2. The SMILES string of the molecule is CC1CC(C(=O)O)CCN1C(=O)CCN1CCCC1. The second-order valence-electron chi connectivity index (χ2n) is 5.79. The smallest absolute Gasteiger partial charge is 0.306 e. The number of piperidine rings is 1. The van der Waals surface area contributed by atoms with E-state index in [2.05, 4.69) is 4.90 Å². The molecule has 2 aliphatic heterocycles. The minimum Gasteiger partial charge on any atom is -0.481 e. The molecule has 2 atom stereocenters. The molecule has 1 N–H and O–H groups in total. The summed E-state index contributed by atoms with van der Waals surface area (Å²) < 4.78 is 0. The van der Waals surface area contributed by atoms with Gasteiger partial charge >= 0.3 is 5.97 Å². The zero-order chi connectivity index (χ0) is 13.8. The summed E-state index contributed by atoms with van der Waals surface area (Å²) in [5.74, 6) is -0.822. The number of amides is 1. The van der Waals surface area contributed by atoms with E-state index in [1.54, 1.807) is 0 Å². The predicted molar refractivity (Wildman–Crippen MR) is 71.8 cm³/mol. The molecule has 108 valence electrons. The number of aliphatic carboxylic acids is 1. The highest BCUT2D eigenvalue weighted by atomic mass is 16.4. The average molecular weight is 268 g/mol. The Morgan fingerprint density at radius 3 is 2.47 bits per heavy atom. The van der Waals surface area contributed by atoms with Crippen molar-refractivity contribution in [2.45, 2.75) is 45.1 Å². The van der Waals surface area contributed by atoms with Crippen LogP contribution in [0.15, 0.2) is 0 Å². The van der Waals surface area contributed by atoms with Gasteiger partial charge in [0.05, 0.1) is 5.92 Å². The largest absolute Gasteiger partial charge is 0.481 e. The molecule has 0 saturated carbocycles. The summed E-state index contributed by atoms with van der Waals surface area (Å²) in [6, 6.07) is 0.0564. The van der Waals surface area contributed by atoms with Crippen molar-refractivity contribution in [2.24, 2.45) is 5.92 Å². The summed E-state index contributed by atoms with van der Waals surface area (Å²) >= 11 is 0. The molecule has 2 unspecified atom stereocenters. The molecule has 5 nitrogen and oxygen atoms in total. The van der Waals surface area contributed by atoms with Crippen LogP contribution in [0.5, 0.6) is 0 Å². The van der Waals surface area contributed by atoms with E-state index in [1.807, 2.05) is 11.8 Å². The molecule has 0 spiro atoms. The van der Waals surface area contributed by atoms with Crippen LogP contribution in [-0.2, 0) is 9.59 Å². The first-order valence-corrected chi connectivity index (χ1v) is 7.32. The van der Waals surface area contributed by atoms with Gasteiger partial charge in [0, 0.05) is 25.6 Å². The topological polar surface area (TPSA) is 60.9 Å². The third-order valence-electron chi connectivity index (χ3n) is 4.39. The standard InChI is InChI=1S/C14H24N2O3/c1-11-10-12(14(18)19)4-9-16(11)13(17)5-8-15-6-2-3-7-15/h11-12H,2-10H2,1H3,(H,18,19). The minimum absolute atomic E-state index is 0.0564. The molecule has 0 aliphatic carbocycles. The fraction of sp³-hybridized carbons (Fsp3) is 0.857. The number of carboxylic acid groups (broad SMARTS) is 1. The maximum atomic E-state index is 12.2. The van der Waals surface area contributed by atoms with Crippen LogP contribution < -0.4 is 0 Å². The van der Waals surface area contributed by atoms with Crippen LogP contribution in [-0.4, -0.2) is 59.0 Å². The first-order chi connectivity index (χ1) is 9.08. The Labute approximate surface area is 114 Å². The van der Waals surface area contributed by atoms with Crippen molar-refractivity contribution in [1.29, 1.82) is 0 Å². The first-order valence-electron chi connectivity index (χ1n) is 7.32. The molecule has 0 aromatic carbocycles. The van der Waals surface area contributed by atoms with E-state index in [0.717, 1.165) is 19.6 Å². The van der Waals surface area contributed by atoms with E-state index in [1.165, 1.54) is 12.8 Å². The van der Waals surface area contributed by atoms with Gasteiger partial charge in [-0.2, -0.15) is 0 Å². The van der Waals surface area contributed by atoms with Crippen LogP contribution in [0.2, 0.25) is 0 Å². The fourth-order valence-corrected chi connectivity index (χ4v) is 3.17. The Kier molecular flexibility index (Phi) is 4.80. The summed E-state index contributed by atoms with van der Waals surface area (Å²) in [6.07, 6.45) is 4.24. The van der Waals surface area contributed by atoms with Gasteiger partial charge in [-0.05, 0) is 45.7 Å². The Bertz CT molecular complexity index is 340. The normalized spacial score (nSPS) is 28.6. The lowest BCUT2D eigenvalue weighted by Crippen LogP contribution is -2.46. The summed E-state index contributed by atoms with van der Waals surface area (Å²) in [5, 5.41) is 9.02. The maximum Gasteiger partial charge on any atom is 0.306 e. The maximum absolute atomic E-state index is 12.2. The number of carboxylic acids is 1. The third kappa shape index (κ3) is 3.69. The number of rotatable bonds is 4. The number of hydrogen-bond donors (Lipinski definition) is 1.